The quantitative estimate of drug-likeness (QED) is 0.669. The molecule has 0 atom stereocenters. The highest BCUT2D eigenvalue weighted by atomic mass is 16.5. The lowest BCUT2D eigenvalue weighted by Gasteiger charge is -1.96. The summed E-state index contributed by atoms with van der Waals surface area (Å²) in [5.74, 6) is 0. The van der Waals surface area contributed by atoms with Crippen molar-refractivity contribution >= 4 is 17.3 Å². The molecule has 1 heterocycles. The summed E-state index contributed by atoms with van der Waals surface area (Å²) in [6, 6.07) is 5.84. The van der Waals surface area contributed by atoms with E-state index in [9.17, 15) is 4.79 Å². The van der Waals surface area contributed by atoms with Crippen LogP contribution in [0.2, 0.25) is 0 Å². The van der Waals surface area contributed by atoms with Crippen molar-refractivity contribution in [3.63, 3.8) is 0 Å². The van der Waals surface area contributed by atoms with E-state index in [4.69, 9.17) is 4.52 Å². The molecule has 0 spiro atoms. The monoisotopic (exact) mass is 175 g/mol. The van der Waals surface area contributed by atoms with E-state index in [2.05, 4.69) is 5.16 Å². The van der Waals surface area contributed by atoms with Crippen LogP contribution in [0.3, 0.4) is 0 Å². The average molecular weight is 175 g/mol. The summed E-state index contributed by atoms with van der Waals surface area (Å²) in [4.78, 5) is 10.2. The normalized spacial score (nSPS) is 10.5. The van der Waals surface area contributed by atoms with Crippen LogP contribution in [0.15, 0.2) is 28.9 Å². The molecule has 1 aromatic carbocycles. The molecule has 0 radical (unpaired) electrons. The Bertz CT molecular complexity index is 420. The summed E-state index contributed by atoms with van der Waals surface area (Å²) in [5, 5.41) is 4.70. The Morgan fingerprint density at radius 3 is 3.23 bits per heavy atom. The fourth-order valence-corrected chi connectivity index (χ4v) is 1.36. The maximum Gasteiger partial charge on any atom is 0.170 e. The van der Waals surface area contributed by atoms with Gasteiger partial charge in [0, 0.05) is 11.8 Å². The first-order valence-corrected chi connectivity index (χ1v) is 4.18. The first kappa shape index (κ1) is 7.98. The van der Waals surface area contributed by atoms with E-state index in [-0.39, 0.29) is 0 Å². The summed E-state index contributed by atoms with van der Waals surface area (Å²) >= 11 is 0. The van der Waals surface area contributed by atoms with Gasteiger partial charge in [-0.1, -0.05) is 17.3 Å². The van der Waals surface area contributed by atoms with Crippen molar-refractivity contribution in [2.24, 2.45) is 0 Å². The van der Waals surface area contributed by atoms with Crippen LogP contribution in [-0.2, 0) is 11.2 Å². The van der Waals surface area contributed by atoms with Crippen LogP contribution >= 0.6 is 0 Å². The fourth-order valence-electron chi connectivity index (χ4n) is 1.36. The van der Waals surface area contributed by atoms with Crippen LogP contribution in [0, 0.1) is 0 Å². The molecule has 0 bridgehead atoms. The van der Waals surface area contributed by atoms with E-state index < -0.39 is 0 Å². The Balaban J connectivity index is 2.42. The molecule has 0 unspecified atom stereocenters. The van der Waals surface area contributed by atoms with Gasteiger partial charge < -0.3 is 9.32 Å². The molecule has 0 fully saturated rings. The third-order valence-electron chi connectivity index (χ3n) is 1.99. The van der Waals surface area contributed by atoms with Gasteiger partial charge >= 0.3 is 0 Å². The topological polar surface area (TPSA) is 43.1 Å². The Labute approximate surface area is 75.3 Å². The molecule has 1 aromatic heterocycles. The Kier molecular flexibility index (Phi) is 2.08. The molecule has 0 amide bonds. The van der Waals surface area contributed by atoms with Gasteiger partial charge in [-0.15, -0.1) is 0 Å². The Morgan fingerprint density at radius 2 is 2.38 bits per heavy atom. The highest BCUT2D eigenvalue weighted by molar-refractivity contribution is 5.79. The molecule has 0 aliphatic rings. The van der Waals surface area contributed by atoms with Crippen molar-refractivity contribution in [3.05, 3.63) is 30.0 Å². The highest BCUT2D eigenvalue weighted by Crippen LogP contribution is 2.18. The van der Waals surface area contributed by atoms with Gasteiger partial charge in [0.2, 0.25) is 0 Å². The summed E-state index contributed by atoms with van der Waals surface area (Å²) in [7, 11) is 0. The summed E-state index contributed by atoms with van der Waals surface area (Å²) in [6.07, 6.45) is 3.84. The molecular formula is C10H9NO2. The van der Waals surface area contributed by atoms with Crippen molar-refractivity contribution in [3.8, 4) is 0 Å². The van der Waals surface area contributed by atoms with Gasteiger partial charge in [-0.05, 0) is 18.1 Å². The van der Waals surface area contributed by atoms with Crippen molar-refractivity contribution in [2.75, 3.05) is 0 Å². The van der Waals surface area contributed by atoms with Gasteiger partial charge in [0.15, 0.2) is 5.58 Å². The second-order valence-corrected chi connectivity index (χ2v) is 2.87. The number of hydrogen-bond donors (Lipinski definition) is 0. The lowest BCUT2D eigenvalue weighted by Crippen LogP contribution is -1.85. The maximum atomic E-state index is 10.2. The molecule has 0 aliphatic heterocycles. The van der Waals surface area contributed by atoms with Crippen molar-refractivity contribution in [1.82, 2.24) is 5.16 Å². The minimum Gasteiger partial charge on any atom is -0.356 e. The highest BCUT2D eigenvalue weighted by Gasteiger charge is 2.03. The van der Waals surface area contributed by atoms with E-state index in [1.54, 1.807) is 6.20 Å². The molecule has 0 saturated heterocycles. The fraction of sp³-hybridized carbons (Fsp3) is 0.200. The maximum absolute atomic E-state index is 10.2. The molecule has 66 valence electrons. The molecule has 3 nitrogen and oxygen atoms in total. The zero-order valence-electron chi connectivity index (χ0n) is 7.06. The first-order chi connectivity index (χ1) is 6.42. The molecular weight excluding hydrogens is 166 g/mol. The van der Waals surface area contributed by atoms with Gasteiger partial charge in [-0.2, -0.15) is 0 Å². The van der Waals surface area contributed by atoms with Crippen LogP contribution in [0.1, 0.15) is 12.0 Å². The average Bonchev–Trinajstić information content (AvgIpc) is 2.62. The van der Waals surface area contributed by atoms with E-state index in [1.165, 1.54) is 0 Å². The Morgan fingerprint density at radius 1 is 1.46 bits per heavy atom. The van der Waals surface area contributed by atoms with Crippen molar-refractivity contribution < 1.29 is 9.32 Å². The second kappa shape index (κ2) is 3.39. The number of benzene rings is 1. The third kappa shape index (κ3) is 1.45. The number of carbonyl (C=O) groups excluding carboxylic acids is 1. The van der Waals surface area contributed by atoms with E-state index >= 15 is 0 Å². The minimum atomic E-state index is 0.528. The summed E-state index contributed by atoms with van der Waals surface area (Å²) in [6.45, 7) is 0. The predicted molar refractivity (Wildman–Crippen MR) is 48.4 cm³/mol. The molecule has 0 aliphatic carbocycles. The van der Waals surface area contributed by atoms with Gasteiger partial charge in [0.25, 0.3) is 0 Å². The van der Waals surface area contributed by atoms with Crippen molar-refractivity contribution in [1.29, 1.82) is 0 Å². The number of aromatic nitrogens is 1. The largest absolute Gasteiger partial charge is 0.356 e. The van der Waals surface area contributed by atoms with Crippen LogP contribution < -0.4 is 0 Å². The number of fused-ring (bicyclic) bond motifs is 1. The number of carbonyl (C=O) groups is 1. The van der Waals surface area contributed by atoms with Gasteiger partial charge in [0.05, 0.1) is 6.20 Å². The molecule has 3 heteroatoms. The molecule has 0 saturated carbocycles. The van der Waals surface area contributed by atoms with Crippen LogP contribution in [0.25, 0.3) is 11.0 Å². The van der Waals surface area contributed by atoms with Gasteiger partial charge in [0.1, 0.15) is 6.29 Å². The minimum absolute atomic E-state index is 0.528. The molecule has 0 N–H and O–H groups in total. The molecule has 2 aromatic rings. The Hall–Kier alpha value is -1.64. The van der Waals surface area contributed by atoms with Gasteiger partial charge in [-0.25, -0.2) is 0 Å². The van der Waals surface area contributed by atoms with E-state index in [0.29, 0.717) is 6.42 Å². The van der Waals surface area contributed by atoms with Crippen LogP contribution in [0.4, 0.5) is 0 Å². The second-order valence-electron chi connectivity index (χ2n) is 2.87. The SMILES string of the molecule is O=CCCc1cccc2cnoc12. The van der Waals surface area contributed by atoms with Crippen molar-refractivity contribution in [2.45, 2.75) is 12.8 Å². The number of rotatable bonds is 3. The number of aryl methyl sites for hydroxylation is 1. The predicted octanol–water partition coefficient (Wildman–Crippen LogP) is 1.96. The zero-order valence-corrected chi connectivity index (χ0v) is 7.06. The standard InChI is InChI=1S/C10H9NO2/c12-6-2-5-8-3-1-4-9-7-11-13-10(8)9/h1,3-4,6-7H,2,5H2. The third-order valence-corrected chi connectivity index (χ3v) is 1.99. The van der Waals surface area contributed by atoms with Gasteiger partial charge in [-0.3, -0.25) is 0 Å². The zero-order chi connectivity index (χ0) is 9.10. The number of para-hydroxylation sites is 1. The first-order valence-electron chi connectivity index (χ1n) is 4.18. The number of aldehydes is 1. The summed E-state index contributed by atoms with van der Waals surface area (Å²) < 4.78 is 5.08. The van der Waals surface area contributed by atoms with Crippen LogP contribution in [-0.4, -0.2) is 11.4 Å². The lowest BCUT2D eigenvalue weighted by molar-refractivity contribution is -0.107. The number of hydrogen-bond acceptors (Lipinski definition) is 3. The van der Waals surface area contributed by atoms with E-state index in [0.717, 1.165) is 29.2 Å². The van der Waals surface area contributed by atoms with Crippen LogP contribution in [0.5, 0.6) is 0 Å². The lowest BCUT2D eigenvalue weighted by atomic mass is 10.1. The number of nitrogens with zero attached hydrogens (tertiary/aromatic N) is 1. The van der Waals surface area contributed by atoms with E-state index in [1.807, 2.05) is 18.2 Å². The molecule has 2 rings (SSSR count). The molecule has 13 heavy (non-hydrogen) atoms. The summed E-state index contributed by atoms with van der Waals surface area (Å²) in [5.41, 5.74) is 1.84. The smallest absolute Gasteiger partial charge is 0.170 e.